The summed E-state index contributed by atoms with van der Waals surface area (Å²) in [5.74, 6) is 4.18. The number of fused-ring (bicyclic) bond motifs is 5. The maximum Gasteiger partial charge on any atom is 0.139 e. The molecule has 0 spiro atoms. The number of ketones is 2. The van der Waals surface area contributed by atoms with Crippen LogP contribution in [0.4, 0.5) is 0 Å². The summed E-state index contributed by atoms with van der Waals surface area (Å²) in [7, 11) is 0. The van der Waals surface area contributed by atoms with E-state index in [2.05, 4.69) is 19.8 Å². The number of carbonyl (C=O) groups is 2. The van der Waals surface area contributed by atoms with Crippen LogP contribution in [0.3, 0.4) is 0 Å². The molecule has 24 heavy (non-hydrogen) atoms. The number of aliphatic hydroxyl groups excluding tert-OH is 1. The molecule has 0 radical (unpaired) electrons. The molecule has 4 fully saturated rings. The zero-order valence-electron chi connectivity index (χ0n) is 14.8. The minimum atomic E-state index is -0.455. The Labute approximate surface area is 144 Å². The lowest BCUT2D eigenvalue weighted by Crippen LogP contribution is -2.58. The van der Waals surface area contributed by atoms with Gasteiger partial charge in [-0.1, -0.05) is 13.8 Å². The summed E-state index contributed by atoms with van der Waals surface area (Å²) in [5.41, 5.74) is -0.299. The number of hydrogen-bond acceptors (Lipinski definition) is 3. The molecule has 0 bridgehead atoms. The Morgan fingerprint density at radius 1 is 1.21 bits per heavy atom. The Morgan fingerprint density at radius 3 is 2.67 bits per heavy atom. The van der Waals surface area contributed by atoms with Crippen molar-refractivity contribution in [1.29, 1.82) is 0 Å². The van der Waals surface area contributed by atoms with E-state index >= 15 is 0 Å². The zero-order valence-corrected chi connectivity index (χ0v) is 14.8. The second kappa shape index (κ2) is 5.18. The number of terminal acetylenes is 1. The van der Waals surface area contributed by atoms with E-state index in [9.17, 15) is 14.7 Å². The third-order valence-electron chi connectivity index (χ3n) is 8.44. The molecular weight excluding hydrogens is 300 g/mol. The molecule has 0 amide bonds. The molecule has 0 unspecified atom stereocenters. The van der Waals surface area contributed by atoms with Gasteiger partial charge < -0.3 is 5.11 Å². The number of Topliss-reactive ketones (excluding diaryl/α,β-unsaturated/α-hetero) is 2. The van der Waals surface area contributed by atoms with Gasteiger partial charge in [0.15, 0.2) is 0 Å². The average molecular weight is 328 g/mol. The van der Waals surface area contributed by atoms with Crippen LogP contribution in [0.2, 0.25) is 0 Å². The fourth-order valence-corrected chi connectivity index (χ4v) is 6.92. The van der Waals surface area contributed by atoms with Crippen molar-refractivity contribution in [1.82, 2.24) is 0 Å². The van der Waals surface area contributed by atoms with Gasteiger partial charge in [0.1, 0.15) is 11.6 Å². The van der Waals surface area contributed by atoms with Gasteiger partial charge in [-0.2, -0.15) is 0 Å². The first-order valence-electron chi connectivity index (χ1n) is 9.51. The molecule has 0 aromatic heterocycles. The van der Waals surface area contributed by atoms with Crippen LogP contribution in [-0.4, -0.2) is 22.8 Å². The molecule has 0 aromatic rings. The van der Waals surface area contributed by atoms with E-state index in [0.29, 0.717) is 36.7 Å². The van der Waals surface area contributed by atoms with Crippen LogP contribution in [0, 0.1) is 52.8 Å². The molecular formula is C21H28O3. The van der Waals surface area contributed by atoms with Crippen LogP contribution < -0.4 is 0 Å². The van der Waals surface area contributed by atoms with Crippen LogP contribution >= 0.6 is 0 Å². The normalized spacial score (nSPS) is 53.8. The van der Waals surface area contributed by atoms with Crippen LogP contribution in [-0.2, 0) is 9.59 Å². The van der Waals surface area contributed by atoms with Crippen molar-refractivity contribution < 1.29 is 14.7 Å². The summed E-state index contributed by atoms with van der Waals surface area (Å²) in [6, 6.07) is 0. The molecule has 130 valence electrons. The van der Waals surface area contributed by atoms with Gasteiger partial charge >= 0.3 is 0 Å². The number of carbonyl (C=O) groups excluding carboxylic acids is 2. The van der Waals surface area contributed by atoms with Gasteiger partial charge in [0.2, 0.25) is 0 Å². The average Bonchev–Trinajstić information content (AvgIpc) is 2.83. The Balaban J connectivity index is 1.70. The summed E-state index contributed by atoms with van der Waals surface area (Å²) in [6.07, 6.45) is 10.6. The minimum absolute atomic E-state index is 0.0156. The highest BCUT2D eigenvalue weighted by Crippen LogP contribution is 2.64. The van der Waals surface area contributed by atoms with Crippen molar-refractivity contribution in [3.05, 3.63) is 0 Å². The Kier molecular flexibility index (Phi) is 3.52. The molecule has 4 saturated carbocycles. The maximum atomic E-state index is 13.1. The van der Waals surface area contributed by atoms with E-state index in [0.717, 1.165) is 25.7 Å². The van der Waals surface area contributed by atoms with E-state index in [-0.39, 0.29) is 34.5 Å². The Morgan fingerprint density at radius 2 is 1.96 bits per heavy atom. The van der Waals surface area contributed by atoms with Gasteiger partial charge in [-0.3, -0.25) is 9.59 Å². The first-order valence-corrected chi connectivity index (χ1v) is 9.51. The predicted octanol–water partition coefficient (Wildman–Crippen LogP) is 3.00. The van der Waals surface area contributed by atoms with Crippen molar-refractivity contribution in [2.24, 2.45) is 40.4 Å². The van der Waals surface area contributed by atoms with E-state index < -0.39 is 6.10 Å². The second-order valence-electron chi connectivity index (χ2n) is 9.31. The van der Waals surface area contributed by atoms with Crippen molar-refractivity contribution in [3.8, 4) is 12.3 Å². The summed E-state index contributed by atoms with van der Waals surface area (Å²) < 4.78 is 0. The maximum absolute atomic E-state index is 13.1. The molecule has 1 N–H and O–H groups in total. The standard InChI is InChI=1S/C21H28O3/c1-4-12-9-13-10-16(22)19-14-5-6-18(24)20(14,2)8-7-15(19)21(13,3)11-17(12)23/h1,12-15,17,19,23H,5-11H2,2-3H3/t12-,13-,14+,15-,17+,19-,20+,21+/m1/s1. The first-order chi connectivity index (χ1) is 11.3. The van der Waals surface area contributed by atoms with Crippen LogP contribution in [0.1, 0.15) is 58.8 Å². The van der Waals surface area contributed by atoms with Crippen LogP contribution in [0.25, 0.3) is 0 Å². The number of aliphatic hydroxyl groups is 1. The van der Waals surface area contributed by atoms with Gasteiger partial charge in [0, 0.05) is 30.1 Å². The molecule has 4 aliphatic rings. The monoisotopic (exact) mass is 328 g/mol. The van der Waals surface area contributed by atoms with Gasteiger partial charge in [-0.15, -0.1) is 12.3 Å². The van der Waals surface area contributed by atoms with Crippen molar-refractivity contribution >= 4 is 11.6 Å². The van der Waals surface area contributed by atoms with Crippen molar-refractivity contribution in [2.45, 2.75) is 64.9 Å². The van der Waals surface area contributed by atoms with E-state index in [1.807, 2.05) is 0 Å². The fourth-order valence-electron chi connectivity index (χ4n) is 6.92. The third-order valence-corrected chi connectivity index (χ3v) is 8.44. The molecule has 0 saturated heterocycles. The molecule has 3 heteroatoms. The van der Waals surface area contributed by atoms with Gasteiger partial charge in [0.25, 0.3) is 0 Å². The molecule has 0 heterocycles. The predicted molar refractivity (Wildman–Crippen MR) is 90.8 cm³/mol. The Bertz CT molecular complexity index is 631. The summed E-state index contributed by atoms with van der Waals surface area (Å²) >= 11 is 0. The molecule has 3 nitrogen and oxygen atoms in total. The minimum Gasteiger partial charge on any atom is -0.392 e. The van der Waals surface area contributed by atoms with Gasteiger partial charge in [-0.25, -0.2) is 0 Å². The topological polar surface area (TPSA) is 54.4 Å². The van der Waals surface area contributed by atoms with Crippen LogP contribution in [0.5, 0.6) is 0 Å². The van der Waals surface area contributed by atoms with E-state index in [1.54, 1.807) is 0 Å². The van der Waals surface area contributed by atoms with E-state index in [4.69, 9.17) is 6.42 Å². The van der Waals surface area contributed by atoms with Crippen LogP contribution in [0.15, 0.2) is 0 Å². The van der Waals surface area contributed by atoms with Crippen molar-refractivity contribution in [2.75, 3.05) is 0 Å². The molecule has 8 atom stereocenters. The van der Waals surface area contributed by atoms with E-state index in [1.165, 1.54) is 0 Å². The van der Waals surface area contributed by atoms with Gasteiger partial charge in [-0.05, 0) is 55.3 Å². The molecule has 0 aromatic carbocycles. The molecule has 4 aliphatic carbocycles. The lowest BCUT2D eigenvalue weighted by molar-refractivity contribution is -0.164. The smallest absolute Gasteiger partial charge is 0.139 e. The van der Waals surface area contributed by atoms with Gasteiger partial charge in [0.05, 0.1) is 6.10 Å². The Hall–Kier alpha value is -1.14. The zero-order chi connectivity index (χ0) is 17.3. The number of hydrogen-bond donors (Lipinski definition) is 1. The summed E-state index contributed by atoms with van der Waals surface area (Å²) in [6.45, 7) is 4.37. The highest BCUT2D eigenvalue weighted by atomic mass is 16.3. The molecule has 0 aliphatic heterocycles. The summed E-state index contributed by atoms with van der Waals surface area (Å²) in [4.78, 5) is 25.5. The second-order valence-corrected chi connectivity index (χ2v) is 9.31. The number of rotatable bonds is 0. The first kappa shape index (κ1) is 16.3. The largest absolute Gasteiger partial charge is 0.392 e. The molecule has 4 rings (SSSR count). The highest BCUT2D eigenvalue weighted by molar-refractivity contribution is 5.90. The lowest BCUT2D eigenvalue weighted by atomic mass is 9.44. The fraction of sp³-hybridized carbons (Fsp3) is 0.810. The highest BCUT2D eigenvalue weighted by Gasteiger charge is 2.63. The SMILES string of the molecule is C#C[C@@H]1C[C@@H]2CC(=O)[C@H]3[C@@H](CC[C@]4(C)C(=O)CC[C@@H]34)[C@@]2(C)C[C@@H]1O. The lowest BCUT2D eigenvalue weighted by Gasteiger charge is -2.59. The third kappa shape index (κ3) is 1.96. The summed E-state index contributed by atoms with van der Waals surface area (Å²) in [5, 5.41) is 10.5. The van der Waals surface area contributed by atoms with Crippen molar-refractivity contribution in [3.63, 3.8) is 0 Å². The quantitative estimate of drug-likeness (QED) is 0.696.